The Hall–Kier alpha value is -2.33. The van der Waals surface area contributed by atoms with Gasteiger partial charge in [-0.05, 0) is 86.7 Å². The van der Waals surface area contributed by atoms with Gasteiger partial charge in [0.05, 0.1) is 6.04 Å². The van der Waals surface area contributed by atoms with Gasteiger partial charge in [0, 0.05) is 31.4 Å². The Morgan fingerprint density at radius 1 is 1.00 bits per heavy atom. The van der Waals surface area contributed by atoms with Crippen molar-refractivity contribution < 1.29 is 4.79 Å². The number of likely N-dealkylation sites (N-methyl/N-ethyl adjacent to an activating group) is 1. The van der Waals surface area contributed by atoms with Gasteiger partial charge >= 0.3 is 0 Å². The predicted molar refractivity (Wildman–Crippen MR) is 120 cm³/mol. The van der Waals surface area contributed by atoms with Crippen molar-refractivity contribution in [3.05, 3.63) is 64.2 Å². The number of aryl methyl sites for hydroxylation is 2. The number of carbonyl (C=O) groups is 1. The average Bonchev–Trinajstić information content (AvgIpc) is 3.11. The van der Waals surface area contributed by atoms with Crippen LogP contribution >= 0.6 is 0 Å². The maximum atomic E-state index is 12.8. The summed E-state index contributed by atoms with van der Waals surface area (Å²) < 4.78 is 0. The van der Waals surface area contributed by atoms with E-state index in [0.717, 1.165) is 37.2 Å². The highest BCUT2D eigenvalue weighted by Gasteiger charge is 2.25. The third-order valence-corrected chi connectivity index (χ3v) is 6.67. The van der Waals surface area contributed by atoms with Crippen LogP contribution in [-0.2, 0) is 6.42 Å². The summed E-state index contributed by atoms with van der Waals surface area (Å²) in [6.07, 6.45) is 4.92. The number of benzene rings is 2. The van der Waals surface area contributed by atoms with Gasteiger partial charge in [-0.15, -0.1) is 0 Å². The van der Waals surface area contributed by atoms with Crippen molar-refractivity contribution in [3.63, 3.8) is 0 Å². The van der Waals surface area contributed by atoms with Gasteiger partial charge in [-0.1, -0.05) is 24.6 Å². The van der Waals surface area contributed by atoms with Crippen molar-refractivity contribution in [3.8, 4) is 0 Å². The van der Waals surface area contributed by atoms with Crippen molar-refractivity contribution in [2.24, 2.45) is 0 Å². The fraction of sp³-hybridized carbons (Fsp3) is 0.480. The highest BCUT2D eigenvalue weighted by molar-refractivity contribution is 5.94. The van der Waals surface area contributed by atoms with Gasteiger partial charge in [0.2, 0.25) is 0 Å². The van der Waals surface area contributed by atoms with Crippen LogP contribution < -0.4 is 10.2 Å². The monoisotopic (exact) mass is 391 g/mol. The van der Waals surface area contributed by atoms with Crippen molar-refractivity contribution in [1.82, 2.24) is 10.2 Å². The van der Waals surface area contributed by atoms with Crippen LogP contribution in [0.2, 0.25) is 0 Å². The maximum Gasteiger partial charge on any atom is 0.251 e. The number of likely N-dealkylation sites (tertiary alicyclic amines) is 1. The quantitative estimate of drug-likeness (QED) is 0.827. The predicted octanol–water partition coefficient (Wildman–Crippen LogP) is 4.25. The number of piperidine rings is 1. The first-order chi connectivity index (χ1) is 14.0. The smallest absolute Gasteiger partial charge is 0.251 e. The van der Waals surface area contributed by atoms with E-state index < -0.39 is 0 Å². The number of fused-ring (bicyclic) bond motifs is 1. The molecule has 29 heavy (non-hydrogen) atoms. The van der Waals surface area contributed by atoms with E-state index in [2.05, 4.69) is 54.2 Å². The molecule has 1 atom stereocenters. The zero-order chi connectivity index (χ0) is 20.4. The van der Waals surface area contributed by atoms with Crippen molar-refractivity contribution in [2.45, 2.75) is 45.6 Å². The van der Waals surface area contributed by atoms with Crippen molar-refractivity contribution in [1.29, 1.82) is 0 Å². The standard InChI is InChI=1S/C25H33N3O/c1-18-7-8-22(15-19(18)2)25(29)26-17-24(28-12-5-4-6-13-28)20-9-10-23-21(16-20)11-14-27(23)3/h7-10,15-16,24H,4-6,11-14,17H2,1-3H3,(H,26,29). The largest absolute Gasteiger partial charge is 0.374 e. The van der Waals surface area contributed by atoms with Gasteiger partial charge in [-0.3, -0.25) is 9.69 Å². The van der Waals surface area contributed by atoms with Crippen LogP contribution in [0.5, 0.6) is 0 Å². The summed E-state index contributed by atoms with van der Waals surface area (Å²) in [6.45, 7) is 8.11. The van der Waals surface area contributed by atoms with Gasteiger partial charge < -0.3 is 10.2 Å². The zero-order valence-electron chi connectivity index (χ0n) is 18.0. The second-order valence-corrected chi connectivity index (χ2v) is 8.68. The summed E-state index contributed by atoms with van der Waals surface area (Å²) in [6, 6.07) is 13.1. The molecule has 2 aliphatic heterocycles. The molecule has 2 aliphatic rings. The highest BCUT2D eigenvalue weighted by atomic mass is 16.1. The molecular weight excluding hydrogens is 358 g/mol. The Kier molecular flexibility index (Phi) is 5.91. The summed E-state index contributed by atoms with van der Waals surface area (Å²) >= 11 is 0. The minimum atomic E-state index is 0.0241. The molecule has 1 fully saturated rings. The molecule has 0 radical (unpaired) electrons. The van der Waals surface area contributed by atoms with E-state index in [9.17, 15) is 4.79 Å². The number of hydrogen-bond donors (Lipinski definition) is 1. The number of anilines is 1. The molecule has 0 bridgehead atoms. The van der Waals surface area contributed by atoms with Gasteiger partial charge in [0.15, 0.2) is 0 Å². The Labute approximate surface area is 174 Å². The van der Waals surface area contributed by atoms with Gasteiger partial charge in [-0.25, -0.2) is 0 Å². The molecule has 1 N–H and O–H groups in total. The van der Waals surface area contributed by atoms with Crippen LogP contribution in [0.3, 0.4) is 0 Å². The van der Waals surface area contributed by atoms with Gasteiger partial charge in [-0.2, -0.15) is 0 Å². The fourth-order valence-electron chi connectivity index (χ4n) is 4.66. The number of amides is 1. The number of nitrogens with zero attached hydrogens (tertiary/aromatic N) is 2. The molecule has 2 heterocycles. The molecule has 0 aliphatic carbocycles. The number of nitrogens with one attached hydrogen (secondary N) is 1. The van der Waals surface area contributed by atoms with Gasteiger partial charge in [0.1, 0.15) is 0 Å². The van der Waals surface area contributed by atoms with E-state index in [4.69, 9.17) is 0 Å². The SMILES string of the molecule is Cc1ccc(C(=O)NCC(c2ccc3c(c2)CCN3C)N2CCCCC2)cc1C. The lowest BCUT2D eigenvalue weighted by Crippen LogP contribution is -2.40. The van der Waals surface area contributed by atoms with E-state index in [-0.39, 0.29) is 11.9 Å². The lowest BCUT2D eigenvalue weighted by Gasteiger charge is -2.35. The fourth-order valence-corrected chi connectivity index (χ4v) is 4.66. The molecule has 0 spiro atoms. The molecule has 0 saturated carbocycles. The van der Waals surface area contributed by atoms with Crippen LogP contribution in [0.1, 0.15) is 57.9 Å². The van der Waals surface area contributed by atoms with Crippen LogP contribution in [0.4, 0.5) is 5.69 Å². The molecule has 4 rings (SSSR count). The molecule has 1 unspecified atom stereocenters. The van der Waals surface area contributed by atoms with Crippen LogP contribution in [0.15, 0.2) is 36.4 Å². The van der Waals surface area contributed by atoms with Crippen LogP contribution in [0, 0.1) is 13.8 Å². The molecule has 1 saturated heterocycles. The Bertz CT molecular complexity index is 886. The van der Waals surface area contributed by atoms with Crippen molar-refractivity contribution in [2.75, 3.05) is 38.1 Å². The zero-order valence-corrected chi connectivity index (χ0v) is 18.0. The molecular formula is C25H33N3O. The minimum absolute atomic E-state index is 0.0241. The third kappa shape index (κ3) is 4.32. The summed E-state index contributed by atoms with van der Waals surface area (Å²) in [7, 11) is 2.16. The molecule has 1 amide bonds. The van der Waals surface area contributed by atoms with E-state index in [1.807, 2.05) is 18.2 Å². The summed E-state index contributed by atoms with van der Waals surface area (Å²) in [5.74, 6) is 0.0241. The second-order valence-electron chi connectivity index (χ2n) is 8.68. The molecule has 2 aromatic rings. The molecule has 154 valence electrons. The molecule has 0 aromatic heterocycles. The summed E-state index contributed by atoms with van der Waals surface area (Å²) in [5, 5.41) is 3.23. The van der Waals surface area contributed by atoms with Crippen LogP contribution in [-0.4, -0.2) is 44.0 Å². The van der Waals surface area contributed by atoms with E-state index in [1.165, 1.54) is 41.6 Å². The first-order valence-electron chi connectivity index (χ1n) is 11.0. The normalized spacial score (nSPS) is 17.8. The first kappa shape index (κ1) is 20.0. The average molecular weight is 392 g/mol. The van der Waals surface area contributed by atoms with E-state index in [1.54, 1.807) is 0 Å². The number of rotatable bonds is 5. The molecule has 4 heteroatoms. The lowest BCUT2D eigenvalue weighted by molar-refractivity contribution is 0.0924. The number of carbonyl (C=O) groups excluding carboxylic acids is 1. The Morgan fingerprint density at radius 2 is 1.79 bits per heavy atom. The topological polar surface area (TPSA) is 35.6 Å². The van der Waals surface area contributed by atoms with Gasteiger partial charge in [0.25, 0.3) is 5.91 Å². The van der Waals surface area contributed by atoms with Crippen molar-refractivity contribution >= 4 is 11.6 Å². The minimum Gasteiger partial charge on any atom is -0.374 e. The highest BCUT2D eigenvalue weighted by Crippen LogP contribution is 2.32. The molecule has 2 aromatic carbocycles. The first-order valence-corrected chi connectivity index (χ1v) is 11.0. The lowest BCUT2D eigenvalue weighted by atomic mass is 9.98. The van der Waals surface area contributed by atoms with Crippen LogP contribution in [0.25, 0.3) is 0 Å². The summed E-state index contributed by atoms with van der Waals surface area (Å²) in [4.78, 5) is 17.7. The Balaban J connectivity index is 1.53. The number of hydrogen-bond acceptors (Lipinski definition) is 3. The second kappa shape index (κ2) is 8.58. The van der Waals surface area contributed by atoms with E-state index >= 15 is 0 Å². The molecule has 4 nitrogen and oxygen atoms in total. The van der Waals surface area contributed by atoms with E-state index in [0.29, 0.717) is 6.54 Å². The third-order valence-electron chi connectivity index (χ3n) is 6.67. The summed E-state index contributed by atoms with van der Waals surface area (Å²) in [5.41, 5.74) is 7.25. The Morgan fingerprint density at radius 3 is 2.55 bits per heavy atom. The maximum absolute atomic E-state index is 12.8.